The smallest absolute Gasteiger partial charge is 0.253 e. The van der Waals surface area contributed by atoms with Crippen molar-refractivity contribution < 1.29 is 4.74 Å². The van der Waals surface area contributed by atoms with E-state index in [-0.39, 0.29) is 11.7 Å². The standard InChI is InChI=1S/C26H31N3O2S/c1-4-19-8-5-6-10-23(19)27-26(32)29(16-22-9-7-13-31-22)15-21-14-20-12-11-17(2)18(3)24(20)28-25(21)30/h5-6,8,10-12,14,22H,4,7,9,13,15-16H2,1-3H3,(H,27,32)(H,28,30). The fourth-order valence-electron chi connectivity index (χ4n) is 4.29. The van der Waals surface area contributed by atoms with Crippen molar-refractivity contribution in [2.45, 2.75) is 52.7 Å². The average molecular weight is 450 g/mol. The Labute approximate surface area is 194 Å². The van der Waals surface area contributed by atoms with Gasteiger partial charge < -0.3 is 19.9 Å². The summed E-state index contributed by atoms with van der Waals surface area (Å²) in [6, 6.07) is 14.3. The van der Waals surface area contributed by atoms with Crippen LogP contribution in [0, 0.1) is 13.8 Å². The maximum atomic E-state index is 13.0. The van der Waals surface area contributed by atoms with E-state index in [4.69, 9.17) is 17.0 Å². The van der Waals surface area contributed by atoms with E-state index in [9.17, 15) is 4.79 Å². The summed E-state index contributed by atoms with van der Waals surface area (Å²) in [5, 5.41) is 5.07. The Morgan fingerprint density at radius 1 is 1.22 bits per heavy atom. The van der Waals surface area contributed by atoms with E-state index < -0.39 is 0 Å². The zero-order valence-electron chi connectivity index (χ0n) is 19.0. The lowest BCUT2D eigenvalue weighted by molar-refractivity contribution is 0.0904. The van der Waals surface area contributed by atoms with Gasteiger partial charge in [-0.15, -0.1) is 0 Å². The molecule has 0 spiro atoms. The van der Waals surface area contributed by atoms with Crippen molar-refractivity contribution in [1.82, 2.24) is 9.88 Å². The monoisotopic (exact) mass is 449 g/mol. The number of hydrogen-bond donors (Lipinski definition) is 2. The number of nitrogens with zero attached hydrogens (tertiary/aromatic N) is 1. The van der Waals surface area contributed by atoms with E-state index >= 15 is 0 Å². The largest absolute Gasteiger partial charge is 0.376 e. The van der Waals surface area contributed by atoms with Crippen LogP contribution in [0.5, 0.6) is 0 Å². The van der Waals surface area contributed by atoms with Crippen molar-refractivity contribution in [2.75, 3.05) is 18.5 Å². The third-order valence-corrected chi connectivity index (χ3v) is 6.72. The minimum Gasteiger partial charge on any atom is -0.376 e. The minimum atomic E-state index is -0.0692. The first-order valence-corrected chi connectivity index (χ1v) is 11.7. The molecule has 1 aliphatic rings. The first kappa shape index (κ1) is 22.5. The highest BCUT2D eigenvalue weighted by atomic mass is 32.1. The molecule has 1 fully saturated rings. The number of H-pyrrole nitrogens is 1. The topological polar surface area (TPSA) is 57.4 Å². The van der Waals surface area contributed by atoms with Gasteiger partial charge >= 0.3 is 0 Å². The molecule has 1 saturated heterocycles. The van der Waals surface area contributed by atoms with Crippen LogP contribution < -0.4 is 10.9 Å². The molecule has 4 rings (SSSR count). The number of aromatic amines is 1. The zero-order chi connectivity index (χ0) is 22.7. The van der Waals surface area contributed by atoms with E-state index in [0.717, 1.165) is 48.0 Å². The van der Waals surface area contributed by atoms with Crippen LogP contribution >= 0.6 is 12.2 Å². The predicted molar refractivity (Wildman–Crippen MR) is 135 cm³/mol. The second-order valence-corrected chi connectivity index (χ2v) is 8.94. The molecule has 1 aliphatic heterocycles. The molecule has 1 atom stereocenters. The van der Waals surface area contributed by atoms with Crippen LogP contribution in [0.15, 0.2) is 47.3 Å². The number of ether oxygens (including phenoxy) is 1. The molecular weight excluding hydrogens is 418 g/mol. The number of nitrogens with one attached hydrogen (secondary N) is 2. The lowest BCUT2D eigenvalue weighted by atomic mass is 10.0. The second kappa shape index (κ2) is 9.84. The van der Waals surface area contributed by atoms with Gasteiger partial charge in [-0.05, 0) is 79.5 Å². The van der Waals surface area contributed by atoms with Crippen molar-refractivity contribution in [2.24, 2.45) is 0 Å². The molecule has 6 heteroatoms. The maximum absolute atomic E-state index is 13.0. The summed E-state index contributed by atoms with van der Waals surface area (Å²) in [6.45, 7) is 8.10. The molecule has 2 aromatic carbocycles. The number of benzene rings is 2. The third-order valence-electron chi connectivity index (χ3n) is 6.36. The third kappa shape index (κ3) is 4.87. The lowest BCUT2D eigenvalue weighted by Gasteiger charge is -2.28. The Balaban J connectivity index is 1.63. The summed E-state index contributed by atoms with van der Waals surface area (Å²) in [6.07, 6.45) is 3.12. The van der Waals surface area contributed by atoms with Crippen molar-refractivity contribution in [1.29, 1.82) is 0 Å². The van der Waals surface area contributed by atoms with E-state index in [1.165, 1.54) is 11.1 Å². The van der Waals surface area contributed by atoms with Gasteiger partial charge in [0.05, 0.1) is 18.2 Å². The van der Waals surface area contributed by atoms with Crippen LogP contribution in [-0.2, 0) is 17.7 Å². The quantitative estimate of drug-likeness (QED) is 0.514. The van der Waals surface area contributed by atoms with Crippen LogP contribution in [0.4, 0.5) is 5.69 Å². The summed E-state index contributed by atoms with van der Waals surface area (Å²) < 4.78 is 5.88. The summed E-state index contributed by atoms with van der Waals surface area (Å²) in [5.74, 6) is 0. The Bertz CT molecular complexity index is 1180. The Morgan fingerprint density at radius 3 is 2.78 bits per heavy atom. The fourth-order valence-corrected chi connectivity index (χ4v) is 4.54. The van der Waals surface area contributed by atoms with Gasteiger partial charge in [0.15, 0.2) is 5.11 Å². The van der Waals surface area contributed by atoms with Crippen molar-refractivity contribution >= 4 is 33.9 Å². The molecule has 0 bridgehead atoms. The molecule has 0 aliphatic carbocycles. The van der Waals surface area contributed by atoms with Crippen LogP contribution in [0.3, 0.4) is 0 Å². The van der Waals surface area contributed by atoms with Gasteiger partial charge in [0.2, 0.25) is 0 Å². The first-order valence-electron chi connectivity index (χ1n) is 11.3. The minimum absolute atomic E-state index is 0.0692. The summed E-state index contributed by atoms with van der Waals surface area (Å²) in [5.41, 5.74) is 6.03. The number of aryl methyl sites for hydroxylation is 3. The highest BCUT2D eigenvalue weighted by molar-refractivity contribution is 7.80. The van der Waals surface area contributed by atoms with E-state index in [1.54, 1.807) is 0 Å². The molecule has 1 aromatic heterocycles. The van der Waals surface area contributed by atoms with Crippen molar-refractivity contribution in [3.63, 3.8) is 0 Å². The number of anilines is 1. The van der Waals surface area contributed by atoms with Gasteiger partial charge in [-0.3, -0.25) is 4.79 Å². The number of hydrogen-bond acceptors (Lipinski definition) is 3. The first-order chi connectivity index (χ1) is 15.5. The molecular formula is C26H31N3O2S. The molecule has 168 valence electrons. The zero-order valence-corrected chi connectivity index (χ0v) is 19.8. The summed E-state index contributed by atoms with van der Waals surface area (Å²) >= 11 is 5.82. The second-order valence-electron chi connectivity index (χ2n) is 8.55. The van der Waals surface area contributed by atoms with Crippen LogP contribution in [0.25, 0.3) is 10.9 Å². The fraction of sp³-hybridized carbons (Fsp3) is 0.385. The number of thiocarbonyl (C=S) groups is 1. The number of para-hydroxylation sites is 1. The average Bonchev–Trinajstić information content (AvgIpc) is 3.30. The van der Waals surface area contributed by atoms with Gasteiger partial charge in [0.25, 0.3) is 5.56 Å². The van der Waals surface area contributed by atoms with Crippen LogP contribution in [0.1, 0.15) is 42.0 Å². The van der Waals surface area contributed by atoms with Gasteiger partial charge in [-0.2, -0.15) is 0 Å². The van der Waals surface area contributed by atoms with E-state index in [2.05, 4.69) is 47.2 Å². The molecule has 1 unspecified atom stereocenters. The highest BCUT2D eigenvalue weighted by Crippen LogP contribution is 2.22. The van der Waals surface area contributed by atoms with E-state index in [0.29, 0.717) is 23.8 Å². The number of aromatic nitrogens is 1. The van der Waals surface area contributed by atoms with Crippen LogP contribution in [-0.4, -0.2) is 34.3 Å². The molecule has 32 heavy (non-hydrogen) atoms. The van der Waals surface area contributed by atoms with Crippen LogP contribution in [0.2, 0.25) is 0 Å². The van der Waals surface area contributed by atoms with Crippen molar-refractivity contribution in [3.8, 4) is 0 Å². The summed E-state index contributed by atoms with van der Waals surface area (Å²) in [4.78, 5) is 18.1. The lowest BCUT2D eigenvalue weighted by Crippen LogP contribution is -2.40. The molecule has 5 nitrogen and oxygen atoms in total. The molecule has 2 N–H and O–H groups in total. The van der Waals surface area contributed by atoms with Gasteiger partial charge in [0.1, 0.15) is 0 Å². The van der Waals surface area contributed by atoms with E-state index in [1.807, 2.05) is 31.2 Å². The number of fused-ring (bicyclic) bond motifs is 1. The molecule has 3 aromatic rings. The Hall–Kier alpha value is -2.70. The highest BCUT2D eigenvalue weighted by Gasteiger charge is 2.22. The molecule has 2 heterocycles. The molecule has 0 radical (unpaired) electrons. The van der Waals surface area contributed by atoms with Crippen molar-refractivity contribution in [3.05, 3.63) is 75.1 Å². The Kier molecular flexibility index (Phi) is 6.92. The Morgan fingerprint density at radius 2 is 2.03 bits per heavy atom. The SMILES string of the molecule is CCc1ccccc1NC(=S)N(Cc1cc2ccc(C)c(C)c2[nH]c1=O)CC1CCCO1. The number of pyridine rings is 1. The summed E-state index contributed by atoms with van der Waals surface area (Å²) in [7, 11) is 0. The van der Waals surface area contributed by atoms with Gasteiger partial charge in [-0.25, -0.2) is 0 Å². The van der Waals surface area contributed by atoms with Gasteiger partial charge in [-0.1, -0.05) is 37.3 Å². The number of rotatable bonds is 6. The van der Waals surface area contributed by atoms with Gasteiger partial charge in [0, 0.05) is 24.4 Å². The predicted octanol–water partition coefficient (Wildman–Crippen LogP) is 5.09. The normalized spacial score (nSPS) is 15.8. The molecule has 0 saturated carbocycles. The molecule has 0 amide bonds. The maximum Gasteiger partial charge on any atom is 0.253 e.